The van der Waals surface area contributed by atoms with Crippen molar-refractivity contribution in [2.24, 2.45) is 0 Å². The fourth-order valence-electron chi connectivity index (χ4n) is 5.35. The molecule has 0 saturated carbocycles. The molecular weight excluding hydrogens is 988 g/mol. The van der Waals surface area contributed by atoms with Crippen LogP contribution in [0.5, 0.6) is 0 Å². The zero-order valence-electron chi connectivity index (χ0n) is 31.7. The van der Waals surface area contributed by atoms with Gasteiger partial charge in [0.25, 0.3) is 0 Å². The second-order valence-corrected chi connectivity index (χ2v) is 20.1. The maximum absolute atomic E-state index is 9.75. The number of halogens is 12. The first-order valence-electron chi connectivity index (χ1n) is 16.6. The molecule has 0 aliphatic heterocycles. The van der Waals surface area contributed by atoms with Crippen LogP contribution in [0.1, 0.15) is 61.0 Å². The molecule has 0 aliphatic carbocycles. The van der Waals surface area contributed by atoms with Crippen LogP contribution >= 0.6 is 27.2 Å². The largest absolute Gasteiger partial charge is 2.00 e. The monoisotopic (exact) mass is 1030 g/mol. The van der Waals surface area contributed by atoms with Crippen LogP contribution in [0.25, 0.3) is 22.3 Å². The van der Waals surface area contributed by atoms with E-state index in [1.807, 2.05) is 0 Å². The van der Waals surface area contributed by atoms with Crippen molar-refractivity contribution in [2.75, 3.05) is 0 Å². The number of thiophene rings is 1. The summed E-state index contributed by atoms with van der Waals surface area (Å²) >= 11 is 1.74. The number of hydrogen-bond donors (Lipinski definition) is 0. The van der Waals surface area contributed by atoms with E-state index in [9.17, 15) is 51.8 Å². The molecular formula is C35H46B3F12P2Pd2S-. The summed E-state index contributed by atoms with van der Waals surface area (Å²) in [4.78, 5) is 0. The Bertz CT molecular complexity index is 1430. The van der Waals surface area contributed by atoms with Gasteiger partial charge in [0.1, 0.15) is 0 Å². The summed E-state index contributed by atoms with van der Waals surface area (Å²) in [5.41, 5.74) is 9.59. The molecule has 55 heavy (non-hydrogen) atoms. The smallest absolute Gasteiger partial charge is 0.418 e. The number of rotatable bonds is 8. The van der Waals surface area contributed by atoms with Crippen molar-refractivity contribution in [1.29, 1.82) is 0 Å². The van der Waals surface area contributed by atoms with E-state index in [1.54, 1.807) is 21.9 Å². The summed E-state index contributed by atoms with van der Waals surface area (Å²) in [5.74, 6) is 0. The van der Waals surface area contributed by atoms with Crippen LogP contribution in [0, 0.1) is 6.92 Å². The maximum atomic E-state index is 9.75. The Morgan fingerprint density at radius 2 is 0.709 bits per heavy atom. The summed E-state index contributed by atoms with van der Waals surface area (Å²) in [5, 5.41) is 7.29. The van der Waals surface area contributed by atoms with Gasteiger partial charge < -0.3 is 51.8 Å². The Morgan fingerprint density at radius 3 is 0.891 bits per heavy atom. The average Bonchev–Trinajstić information content (AvgIpc) is 3.46. The van der Waals surface area contributed by atoms with E-state index in [0.717, 1.165) is 0 Å². The van der Waals surface area contributed by atoms with Crippen LogP contribution in [-0.4, -0.2) is 44.4 Å². The topological polar surface area (TPSA) is 0 Å². The van der Waals surface area contributed by atoms with Crippen molar-refractivity contribution in [3.63, 3.8) is 0 Å². The van der Waals surface area contributed by atoms with Crippen molar-refractivity contribution in [1.82, 2.24) is 0 Å². The van der Waals surface area contributed by atoms with Crippen LogP contribution in [-0.2, 0) is 40.8 Å². The van der Waals surface area contributed by atoms with Gasteiger partial charge in [-0.3, -0.25) is 0 Å². The molecule has 1 aromatic heterocycles. The molecule has 3 aromatic carbocycles. The maximum Gasteiger partial charge on any atom is 2.00 e. The molecule has 0 unspecified atom stereocenters. The summed E-state index contributed by atoms with van der Waals surface area (Å²) in [6.45, 7) is 21.1. The van der Waals surface area contributed by atoms with E-state index in [0.29, 0.717) is 22.6 Å². The van der Waals surface area contributed by atoms with Gasteiger partial charge in [-0.1, -0.05) is 144 Å². The molecule has 0 amide bonds. The summed E-state index contributed by atoms with van der Waals surface area (Å²) in [6, 6.07) is 29.6. The third-order valence-electron chi connectivity index (χ3n) is 6.76. The van der Waals surface area contributed by atoms with Gasteiger partial charge in [0.2, 0.25) is 0 Å². The Morgan fingerprint density at radius 1 is 0.455 bits per heavy atom. The third-order valence-corrected chi connectivity index (χ3v) is 13.9. The summed E-state index contributed by atoms with van der Waals surface area (Å²) in [7, 11) is -18.4. The second-order valence-electron chi connectivity index (χ2n) is 12.6. The zero-order chi connectivity index (χ0) is 41.3. The molecule has 0 aliphatic rings. The standard InChI is InChI=1S/C30H40P2.C5H6S.3BF4.2Pd/c1-21(2)31(22(3)4)29-15-11-9-13-27(29)25-17-19-26(20-18-25)28-14-10-12-16-30(28)32(23(5)6)24(7)8;1-5-2-3-6-4-5;3*2-1(3,4)5;;/h9-24H,1-8H3;2-4H,1H3;;;;;/q;;3*-1;;+2. The first-order chi connectivity index (χ1) is 24.1. The average molecular weight is 1030 g/mol. The van der Waals surface area contributed by atoms with Gasteiger partial charge in [0.05, 0.1) is 0 Å². The first kappa shape index (κ1) is 58.2. The van der Waals surface area contributed by atoms with Gasteiger partial charge in [0.15, 0.2) is 0 Å². The quantitative estimate of drug-likeness (QED) is 0.0937. The van der Waals surface area contributed by atoms with Crippen molar-refractivity contribution in [2.45, 2.75) is 84.9 Å². The van der Waals surface area contributed by atoms with E-state index in [2.05, 4.69) is 152 Å². The Balaban J connectivity index is -0.000000957. The molecule has 0 spiro atoms. The molecule has 4 aromatic rings. The predicted molar refractivity (Wildman–Crippen MR) is 211 cm³/mol. The number of aryl methyl sites for hydroxylation is 1. The van der Waals surface area contributed by atoms with Crippen molar-refractivity contribution < 1.29 is 92.6 Å². The molecule has 0 fully saturated rings. The van der Waals surface area contributed by atoms with Crippen LogP contribution in [0.2, 0.25) is 0 Å². The first-order valence-corrected chi connectivity index (χ1v) is 20.5. The minimum atomic E-state index is -6.00. The molecule has 0 saturated heterocycles. The van der Waals surface area contributed by atoms with Crippen LogP contribution in [0.15, 0.2) is 89.6 Å². The van der Waals surface area contributed by atoms with E-state index in [4.69, 9.17) is 0 Å². The van der Waals surface area contributed by atoms with Gasteiger partial charge in [-0.25, -0.2) is 0 Å². The summed E-state index contributed by atoms with van der Waals surface area (Å²) in [6.07, 6.45) is 0. The minimum absolute atomic E-state index is 0. The van der Waals surface area contributed by atoms with E-state index in [1.165, 1.54) is 27.8 Å². The third kappa shape index (κ3) is 28.0. The SMILES string of the molecule is CC(C)P(c1ccccc1-c1ccc(-c2ccccc2P(C(C)C)C(C)C)cc1)C(C)C.Cc1ccsc1.F[B-](F)(F)F.F[B-](F)(F)F.F[B-](F)(F)F.[Pd+2].[Pd]. The molecule has 0 N–H and O–H groups in total. The molecule has 0 bridgehead atoms. The van der Waals surface area contributed by atoms with Crippen LogP contribution in [0.4, 0.5) is 51.8 Å². The van der Waals surface area contributed by atoms with Gasteiger partial charge in [-0.15, -0.1) is 0 Å². The van der Waals surface area contributed by atoms with E-state index in [-0.39, 0.29) is 56.7 Å². The van der Waals surface area contributed by atoms with E-state index >= 15 is 0 Å². The van der Waals surface area contributed by atoms with Crippen molar-refractivity contribution in [3.8, 4) is 22.3 Å². The number of hydrogen-bond acceptors (Lipinski definition) is 1. The molecule has 4 rings (SSSR count). The van der Waals surface area contributed by atoms with Gasteiger partial charge in [0, 0.05) is 20.4 Å². The van der Waals surface area contributed by atoms with Gasteiger partial charge in [-0.05, 0) is 84.8 Å². The van der Waals surface area contributed by atoms with E-state index < -0.39 is 21.8 Å². The minimum Gasteiger partial charge on any atom is -0.418 e. The van der Waals surface area contributed by atoms with Crippen molar-refractivity contribution >= 4 is 59.6 Å². The Labute approximate surface area is 352 Å². The van der Waals surface area contributed by atoms with Crippen molar-refractivity contribution in [3.05, 3.63) is 95.2 Å². The van der Waals surface area contributed by atoms with Gasteiger partial charge in [-0.2, -0.15) is 11.3 Å². The molecule has 0 radical (unpaired) electrons. The molecule has 20 heteroatoms. The summed E-state index contributed by atoms with van der Waals surface area (Å²) < 4.78 is 117. The van der Waals surface area contributed by atoms with Crippen LogP contribution in [0.3, 0.4) is 0 Å². The Hall–Kier alpha value is -1.10. The fourth-order valence-corrected chi connectivity index (χ4v) is 12.1. The predicted octanol–water partition coefficient (Wildman–Crippen LogP) is 14.8. The van der Waals surface area contributed by atoms with Crippen LogP contribution < -0.4 is 10.6 Å². The molecule has 316 valence electrons. The Kier molecular flexibility index (Phi) is 29.2. The zero-order valence-corrected chi connectivity index (χ0v) is 37.4. The molecule has 0 atom stereocenters. The normalized spacial score (nSPS) is 11.3. The molecule has 0 nitrogen and oxygen atoms in total. The molecule has 1 heterocycles. The number of benzene rings is 3. The second kappa shape index (κ2) is 27.6. The fraction of sp³-hybridized carbons (Fsp3) is 0.371. The van der Waals surface area contributed by atoms with Gasteiger partial charge >= 0.3 is 42.2 Å².